The van der Waals surface area contributed by atoms with Gasteiger partial charge in [-0.1, -0.05) is 0 Å². The van der Waals surface area contributed by atoms with Gasteiger partial charge >= 0.3 is 5.63 Å². The lowest BCUT2D eigenvalue weighted by molar-refractivity contribution is 0.160. The summed E-state index contributed by atoms with van der Waals surface area (Å²) in [5.74, 6) is 1.56. The molecule has 0 saturated heterocycles. The summed E-state index contributed by atoms with van der Waals surface area (Å²) in [6, 6.07) is 3.38. The van der Waals surface area contributed by atoms with Crippen LogP contribution in [0.1, 0.15) is 19.4 Å². The second-order valence-electron chi connectivity index (χ2n) is 5.37. The first-order chi connectivity index (χ1) is 9.95. The van der Waals surface area contributed by atoms with Crippen molar-refractivity contribution in [2.75, 3.05) is 14.2 Å². The zero-order valence-electron chi connectivity index (χ0n) is 12.4. The molecule has 0 fully saturated rings. The molecule has 0 N–H and O–H groups in total. The highest BCUT2D eigenvalue weighted by molar-refractivity contribution is 5.90. The maximum absolute atomic E-state index is 12.1. The Morgan fingerprint density at radius 3 is 2.43 bits per heavy atom. The molecule has 0 amide bonds. The minimum absolute atomic E-state index is 0.405. The van der Waals surface area contributed by atoms with Crippen molar-refractivity contribution in [3.05, 3.63) is 34.2 Å². The summed E-state index contributed by atoms with van der Waals surface area (Å²) in [4.78, 5) is 12.1. The molecule has 110 valence electrons. The van der Waals surface area contributed by atoms with Crippen LogP contribution in [0.25, 0.3) is 17.0 Å². The van der Waals surface area contributed by atoms with Crippen molar-refractivity contribution in [3.63, 3.8) is 0 Å². The average molecular weight is 288 g/mol. The Kier molecular flexibility index (Phi) is 2.93. The predicted octanol–water partition coefficient (Wildman–Crippen LogP) is 2.99. The van der Waals surface area contributed by atoms with Gasteiger partial charge in [0.2, 0.25) is 0 Å². The van der Waals surface area contributed by atoms with Crippen LogP contribution in [0, 0.1) is 0 Å². The van der Waals surface area contributed by atoms with E-state index < -0.39 is 11.2 Å². The topological polar surface area (TPSA) is 57.9 Å². The number of ether oxygens (including phenoxy) is 3. The maximum Gasteiger partial charge on any atom is 0.347 e. The summed E-state index contributed by atoms with van der Waals surface area (Å²) >= 11 is 0. The summed E-state index contributed by atoms with van der Waals surface area (Å²) in [6.07, 6.45) is 3.57. The Labute approximate surface area is 121 Å². The van der Waals surface area contributed by atoms with Crippen LogP contribution in [-0.4, -0.2) is 19.8 Å². The summed E-state index contributed by atoms with van der Waals surface area (Å²) in [6.45, 7) is 3.85. The number of hydrogen-bond acceptors (Lipinski definition) is 5. The number of benzene rings is 1. The van der Waals surface area contributed by atoms with Gasteiger partial charge in [0.05, 0.1) is 19.6 Å². The number of methoxy groups -OCH3 is 2. The van der Waals surface area contributed by atoms with Crippen LogP contribution in [0.5, 0.6) is 17.2 Å². The van der Waals surface area contributed by atoms with E-state index in [4.69, 9.17) is 18.6 Å². The van der Waals surface area contributed by atoms with E-state index in [-0.39, 0.29) is 0 Å². The Bertz CT molecular complexity index is 798. The lowest BCUT2D eigenvalue weighted by atomic mass is 10.0. The predicted molar refractivity (Wildman–Crippen MR) is 79.3 cm³/mol. The fraction of sp³-hybridized carbons (Fsp3) is 0.312. The number of hydrogen-bond donors (Lipinski definition) is 0. The largest absolute Gasteiger partial charge is 0.493 e. The van der Waals surface area contributed by atoms with E-state index in [0.29, 0.717) is 33.8 Å². The van der Waals surface area contributed by atoms with Crippen LogP contribution in [0.15, 0.2) is 27.4 Å². The molecule has 0 spiro atoms. The van der Waals surface area contributed by atoms with E-state index in [1.165, 1.54) is 7.11 Å². The van der Waals surface area contributed by atoms with Crippen molar-refractivity contribution in [2.45, 2.75) is 19.4 Å². The highest BCUT2D eigenvalue weighted by atomic mass is 16.5. The molecule has 1 aromatic heterocycles. The van der Waals surface area contributed by atoms with Gasteiger partial charge in [-0.15, -0.1) is 0 Å². The van der Waals surface area contributed by atoms with E-state index in [0.717, 1.165) is 0 Å². The van der Waals surface area contributed by atoms with Gasteiger partial charge in [-0.25, -0.2) is 4.79 Å². The van der Waals surface area contributed by atoms with Crippen LogP contribution >= 0.6 is 0 Å². The standard InChI is InChI=1S/C16H16O5/c1-16(2)6-5-9-14(21-16)10-7-12(18-3)13(19-4)8-11(10)20-15(9)17/h5-8H,1-4H3. The first kappa shape index (κ1) is 13.5. The summed E-state index contributed by atoms with van der Waals surface area (Å²) in [5, 5.41) is 0.680. The molecule has 0 bridgehead atoms. The molecular weight excluding hydrogens is 272 g/mol. The van der Waals surface area contributed by atoms with Crippen molar-refractivity contribution in [1.29, 1.82) is 0 Å². The zero-order chi connectivity index (χ0) is 15.2. The monoisotopic (exact) mass is 288 g/mol. The zero-order valence-corrected chi connectivity index (χ0v) is 12.4. The molecule has 0 radical (unpaired) electrons. The van der Waals surface area contributed by atoms with Crippen molar-refractivity contribution >= 4 is 17.0 Å². The molecular formula is C16H16O5. The third kappa shape index (κ3) is 2.14. The van der Waals surface area contributed by atoms with Crippen LogP contribution in [0.3, 0.4) is 0 Å². The molecule has 0 unspecified atom stereocenters. The fourth-order valence-corrected chi connectivity index (χ4v) is 2.35. The van der Waals surface area contributed by atoms with E-state index in [2.05, 4.69) is 0 Å². The molecule has 0 saturated carbocycles. The fourth-order valence-electron chi connectivity index (χ4n) is 2.35. The number of fused-ring (bicyclic) bond motifs is 3. The lowest BCUT2D eigenvalue weighted by Gasteiger charge is -2.28. The molecule has 2 aromatic rings. The van der Waals surface area contributed by atoms with Gasteiger partial charge in [-0.05, 0) is 32.1 Å². The third-order valence-electron chi connectivity index (χ3n) is 3.41. The maximum atomic E-state index is 12.1. The van der Waals surface area contributed by atoms with Gasteiger partial charge in [0.15, 0.2) is 11.5 Å². The Morgan fingerprint density at radius 1 is 1.10 bits per heavy atom. The van der Waals surface area contributed by atoms with Crippen LogP contribution in [0.2, 0.25) is 0 Å². The van der Waals surface area contributed by atoms with Crippen LogP contribution in [0.4, 0.5) is 0 Å². The Morgan fingerprint density at radius 2 is 1.76 bits per heavy atom. The van der Waals surface area contributed by atoms with Gasteiger partial charge in [-0.2, -0.15) is 0 Å². The molecule has 0 atom stereocenters. The van der Waals surface area contributed by atoms with Crippen molar-refractivity contribution in [1.82, 2.24) is 0 Å². The summed E-state index contributed by atoms with van der Waals surface area (Å²) in [7, 11) is 3.09. The Balaban J connectivity index is 2.37. The highest BCUT2D eigenvalue weighted by Crippen LogP contribution is 2.40. The third-order valence-corrected chi connectivity index (χ3v) is 3.41. The number of rotatable bonds is 2. The van der Waals surface area contributed by atoms with Gasteiger partial charge in [0, 0.05) is 6.07 Å². The van der Waals surface area contributed by atoms with Crippen molar-refractivity contribution < 1.29 is 18.6 Å². The molecule has 1 aliphatic heterocycles. The first-order valence-corrected chi connectivity index (χ1v) is 6.56. The molecule has 1 aliphatic rings. The normalized spacial score (nSPS) is 15.4. The quantitative estimate of drug-likeness (QED) is 0.795. The van der Waals surface area contributed by atoms with Gasteiger partial charge in [-0.3, -0.25) is 0 Å². The van der Waals surface area contributed by atoms with E-state index in [9.17, 15) is 4.79 Å². The molecule has 2 heterocycles. The smallest absolute Gasteiger partial charge is 0.347 e. The van der Waals surface area contributed by atoms with Gasteiger partial charge < -0.3 is 18.6 Å². The van der Waals surface area contributed by atoms with Gasteiger partial charge in [0.25, 0.3) is 0 Å². The SMILES string of the molecule is COc1cc2oc(=O)c3c(c2cc1OC)OC(C)(C)C=C3. The van der Waals surface area contributed by atoms with E-state index in [1.807, 2.05) is 19.9 Å². The van der Waals surface area contributed by atoms with E-state index >= 15 is 0 Å². The van der Waals surface area contributed by atoms with Crippen LogP contribution < -0.4 is 19.8 Å². The molecule has 5 nitrogen and oxygen atoms in total. The second kappa shape index (κ2) is 4.55. The van der Waals surface area contributed by atoms with Crippen molar-refractivity contribution in [2.24, 2.45) is 0 Å². The minimum atomic E-state index is -0.485. The van der Waals surface area contributed by atoms with E-state index in [1.54, 1.807) is 25.3 Å². The van der Waals surface area contributed by atoms with Gasteiger partial charge in [0.1, 0.15) is 22.5 Å². The molecule has 3 rings (SSSR count). The first-order valence-electron chi connectivity index (χ1n) is 6.56. The molecule has 0 aliphatic carbocycles. The summed E-state index contributed by atoms with van der Waals surface area (Å²) in [5.41, 5.74) is -0.103. The molecule has 1 aromatic carbocycles. The van der Waals surface area contributed by atoms with Crippen LogP contribution in [-0.2, 0) is 0 Å². The minimum Gasteiger partial charge on any atom is -0.493 e. The van der Waals surface area contributed by atoms with Crippen molar-refractivity contribution in [3.8, 4) is 17.2 Å². The highest BCUT2D eigenvalue weighted by Gasteiger charge is 2.27. The Hall–Kier alpha value is -2.43. The molecule has 21 heavy (non-hydrogen) atoms. The average Bonchev–Trinajstić information content (AvgIpc) is 2.45. The lowest BCUT2D eigenvalue weighted by Crippen LogP contribution is -2.29. The second-order valence-corrected chi connectivity index (χ2v) is 5.37. The summed E-state index contributed by atoms with van der Waals surface area (Å²) < 4.78 is 21.8. The molecule has 5 heteroatoms.